The molecular formula is C30H34FN7O2. The second kappa shape index (κ2) is 10.9. The molecule has 2 N–H and O–H groups in total. The molecule has 0 saturated carbocycles. The fraction of sp³-hybridized carbons (Fsp3) is 0.367. The van der Waals surface area contributed by atoms with Crippen LogP contribution in [0, 0.1) is 11.7 Å². The summed E-state index contributed by atoms with van der Waals surface area (Å²) in [4.78, 5) is 27.1. The number of allylic oxidation sites excluding steroid dienone is 1. The van der Waals surface area contributed by atoms with Crippen LogP contribution in [0.25, 0.3) is 16.9 Å². The lowest BCUT2D eigenvalue weighted by Crippen LogP contribution is -2.48. The van der Waals surface area contributed by atoms with E-state index in [0.29, 0.717) is 35.9 Å². The number of benzene rings is 1. The van der Waals surface area contributed by atoms with Crippen molar-refractivity contribution in [2.24, 2.45) is 10.9 Å². The standard InChI is InChI=1S/C30H34FN7O2/c1-4-26(35-29(19(2)20-8-14-40-18-20)37-12-10-36(3)11-13-37)34-24-6-5-22(23-16-33-30(39)28(23)24)25-17-32-27-15-21(31)7-9-38(25)27/h4-7,9,15,17,20,34H,2,8,10-14,16,18H2,1,3H3,(H,33,39)/b26-4-,35-29?/t20-/m0/s1. The monoisotopic (exact) mass is 543 g/mol. The molecule has 6 rings (SSSR count). The molecule has 40 heavy (non-hydrogen) atoms. The van der Waals surface area contributed by atoms with Crippen LogP contribution in [0.3, 0.4) is 0 Å². The molecule has 3 aromatic rings. The largest absolute Gasteiger partial charge is 0.381 e. The average molecular weight is 544 g/mol. The van der Waals surface area contributed by atoms with Crippen molar-refractivity contribution in [3.05, 3.63) is 77.7 Å². The molecule has 3 aliphatic rings. The van der Waals surface area contributed by atoms with Crippen molar-refractivity contribution in [3.8, 4) is 11.3 Å². The summed E-state index contributed by atoms with van der Waals surface area (Å²) in [6, 6.07) is 6.66. The van der Waals surface area contributed by atoms with E-state index in [0.717, 1.165) is 67.4 Å². The van der Waals surface area contributed by atoms with Gasteiger partial charge in [0.2, 0.25) is 0 Å². The predicted octanol–water partition coefficient (Wildman–Crippen LogP) is 3.90. The highest BCUT2D eigenvalue weighted by atomic mass is 19.1. The van der Waals surface area contributed by atoms with Gasteiger partial charge in [0.15, 0.2) is 0 Å². The fourth-order valence-corrected chi connectivity index (χ4v) is 5.62. The Kier molecular flexibility index (Phi) is 7.12. The number of hydrogen-bond donors (Lipinski definition) is 2. The fourth-order valence-electron chi connectivity index (χ4n) is 5.62. The summed E-state index contributed by atoms with van der Waals surface area (Å²) >= 11 is 0. The van der Waals surface area contributed by atoms with E-state index >= 15 is 0 Å². The topological polar surface area (TPSA) is 86.5 Å². The lowest BCUT2D eigenvalue weighted by Gasteiger charge is -2.36. The van der Waals surface area contributed by atoms with Crippen molar-refractivity contribution >= 4 is 23.1 Å². The zero-order valence-corrected chi connectivity index (χ0v) is 22.9. The Bertz CT molecular complexity index is 1530. The SMILES string of the molecule is C=C(C(=N/C(=C\C)Nc1ccc(-c2cnc3cc(F)ccn23)c2c1C(=O)NC2)N1CCN(C)CC1)[C@H]1CCOC1. The van der Waals surface area contributed by atoms with Gasteiger partial charge in [0.05, 0.1) is 29.7 Å². The Hall–Kier alpha value is -4.02. The first-order valence-electron chi connectivity index (χ1n) is 13.7. The number of rotatable bonds is 6. The second-order valence-corrected chi connectivity index (χ2v) is 10.5. The number of piperazine rings is 1. The van der Waals surface area contributed by atoms with Crippen LogP contribution in [0.2, 0.25) is 0 Å². The quantitative estimate of drug-likeness (QED) is 0.363. The van der Waals surface area contributed by atoms with Gasteiger partial charge in [-0.25, -0.2) is 14.4 Å². The molecule has 208 valence electrons. The van der Waals surface area contributed by atoms with Crippen LogP contribution in [0.5, 0.6) is 0 Å². The van der Waals surface area contributed by atoms with E-state index in [1.807, 2.05) is 29.5 Å². The molecular weight excluding hydrogens is 509 g/mol. The molecule has 0 bridgehead atoms. The molecule has 0 spiro atoms. The molecule has 10 heteroatoms. The number of fused-ring (bicyclic) bond motifs is 2. The number of imidazole rings is 1. The molecule has 2 saturated heterocycles. The third-order valence-corrected chi connectivity index (χ3v) is 7.99. The van der Waals surface area contributed by atoms with E-state index in [-0.39, 0.29) is 17.6 Å². The van der Waals surface area contributed by atoms with Crippen molar-refractivity contribution < 1.29 is 13.9 Å². The second-order valence-electron chi connectivity index (χ2n) is 10.5. The summed E-state index contributed by atoms with van der Waals surface area (Å²) < 4.78 is 21.2. The number of pyridine rings is 1. The number of amides is 1. The van der Waals surface area contributed by atoms with Gasteiger partial charge in [-0.15, -0.1) is 0 Å². The number of halogens is 1. The van der Waals surface area contributed by atoms with Crippen molar-refractivity contribution in [1.82, 2.24) is 24.5 Å². The number of ether oxygens (including phenoxy) is 1. The third kappa shape index (κ3) is 4.89. The van der Waals surface area contributed by atoms with E-state index in [1.54, 1.807) is 12.4 Å². The molecule has 2 aromatic heterocycles. The molecule has 0 aliphatic carbocycles. The van der Waals surface area contributed by atoms with Gasteiger partial charge in [-0.1, -0.05) is 12.6 Å². The molecule has 1 atom stereocenters. The van der Waals surface area contributed by atoms with Crippen LogP contribution < -0.4 is 10.6 Å². The van der Waals surface area contributed by atoms with E-state index < -0.39 is 0 Å². The Morgan fingerprint density at radius 2 is 2.10 bits per heavy atom. The molecule has 2 fully saturated rings. The van der Waals surface area contributed by atoms with Crippen LogP contribution in [-0.2, 0) is 11.3 Å². The van der Waals surface area contributed by atoms with Crippen molar-refractivity contribution in [1.29, 1.82) is 0 Å². The van der Waals surface area contributed by atoms with Crippen LogP contribution >= 0.6 is 0 Å². The van der Waals surface area contributed by atoms with Crippen LogP contribution in [0.4, 0.5) is 10.1 Å². The van der Waals surface area contributed by atoms with E-state index in [4.69, 9.17) is 9.73 Å². The van der Waals surface area contributed by atoms with Gasteiger partial charge in [-0.3, -0.25) is 9.20 Å². The highest BCUT2D eigenvalue weighted by molar-refractivity contribution is 6.06. The van der Waals surface area contributed by atoms with Gasteiger partial charge in [0.1, 0.15) is 23.1 Å². The number of nitrogens with zero attached hydrogens (tertiary/aromatic N) is 5. The number of aliphatic imine (C=N–C) groups is 1. The number of anilines is 1. The lowest BCUT2D eigenvalue weighted by atomic mass is 9.98. The van der Waals surface area contributed by atoms with Crippen molar-refractivity contribution in [3.63, 3.8) is 0 Å². The number of aromatic nitrogens is 2. The zero-order valence-electron chi connectivity index (χ0n) is 22.9. The minimum Gasteiger partial charge on any atom is -0.381 e. The Morgan fingerprint density at radius 3 is 2.85 bits per heavy atom. The molecule has 1 amide bonds. The van der Waals surface area contributed by atoms with Gasteiger partial charge in [-0.2, -0.15) is 0 Å². The minimum atomic E-state index is -0.343. The molecule has 1 aromatic carbocycles. The minimum absolute atomic E-state index is 0.148. The smallest absolute Gasteiger partial charge is 0.254 e. The average Bonchev–Trinajstić information content (AvgIpc) is 3.72. The molecule has 0 unspecified atom stereocenters. The number of carbonyl (C=O) groups is 1. The first-order chi connectivity index (χ1) is 19.4. The number of nitrogens with one attached hydrogen (secondary N) is 2. The van der Waals surface area contributed by atoms with Gasteiger partial charge in [0.25, 0.3) is 5.91 Å². The number of carbonyl (C=O) groups excluding carboxylic acids is 1. The molecule has 0 radical (unpaired) electrons. The van der Waals surface area contributed by atoms with Gasteiger partial charge in [-0.05, 0) is 49.7 Å². The first kappa shape index (κ1) is 26.2. The van der Waals surface area contributed by atoms with Gasteiger partial charge >= 0.3 is 0 Å². The van der Waals surface area contributed by atoms with Crippen molar-refractivity contribution in [2.75, 3.05) is 51.8 Å². The van der Waals surface area contributed by atoms with E-state index in [2.05, 4.69) is 39.0 Å². The Balaban J connectivity index is 1.34. The van der Waals surface area contributed by atoms with E-state index in [1.165, 1.54) is 12.1 Å². The summed E-state index contributed by atoms with van der Waals surface area (Å²) in [7, 11) is 2.13. The summed E-state index contributed by atoms with van der Waals surface area (Å²) in [5.41, 5.74) is 5.30. The maximum absolute atomic E-state index is 13.7. The number of amidine groups is 1. The lowest BCUT2D eigenvalue weighted by molar-refractivity contribution is 0.0966. The summed E-state index contributed by atoms with van der Waals surface area (Å²) in [6.45, 7) is 11.8. The molecule has 3 aliphatic heterocycles. The van der Waals surface area contributed by atoms with Gasteiger partial charge in [0, 0.05) is 63.1 Å². The van der Waals surface area contributed by atoms with Crippen LogP contribution in [0.1, 0.15) is 29.3 Å². The number of hydrogen-bond acceptors (Lipinski definition) is 6. The van der Waals surface area contributed by atoms with Crippen molar-refractivity contribution in [2.45, 2.75) is 19.9 Å². The van der Waals surface area contributed by atoms with Gasteiger partial charge < -0.3 is 25.2 Å². The van der Waals surface area contributed by atoms with E-state index in [9.17, 15) is 9.18 Å². The Labute approximate surface area is 233 Å². The Morgan fingerprint density at radius 1 is 1.27 bits per heavy atom. The molecule has 5 heterocycles. The maximum atomic E-state index is 13.7. The summed E-state index contributed by atoms with van der Waals surface area (Å²) in [6.07, 6.45) is 6.23. The maximum Gasteiger partial charge on any atom is 0.254 e. The highest BCUT2D eigenvalue weighted by Crippen LogP contribution is 2.35. The number of likely N-dealkylation sites (N-methyl/N-ethyl adjacent to an activating group) is 1. The summed E-state index contributed by atoms with van der Waals surface area (Å²) in [5, 5.41) is 6.40. The highest BCUT2D eigenvalue weighted by Gasteiger charge is 2.29. The third-order valence-electron chi connectivity index (χ3n) is 7.99. The first-order valence-corrected chi connectivity index (χ1v) is 13.7. The van der Waals surface area contributed by atoms with Crippen LogP contribution in [-0.4, -0.2) is 77.4 Å². The molecule has 9 nitrogen and oxygen atoms in total. The van der Waals surface area contributed by atoms with Crippen LogP contribution in [0.15, 0.2) is 65.7 Å². The summed E-state index contributed by atoms with van der Waals surface area (Å²) in [5.74, 6) is 1.27. The normalized spacial score (nSPS) is 20.2. The zero-order chi connectivity index (χ0) is 27.8. The predicted molar refractivity (Wildman–Crippen MR) is 154 cm³/mol.